The van der Waals surface area contributed by atoms with E-state index in [2.05, 4.69) is 17.3 Å². The molecule has 1 aliphatic rings. The third-order valence-corrected chi connectivity index (χ3v) is 7.74. The van der Waals surface area contributed by atoms with E-state index in [1.165, 1.54) is 21.3 Å². The van der Waals surface area contributed by atoms with Gasteiger partial charge in [-0.15, -0.1) is 0 Å². The van der Waals surface area contributed by atoms with E-state index in [0.29, 0.717) is 24.6 Å². The van der Waals surface area contributed by atoms with Crippen molar-refractivity contribution in [3.63, 3.8) is 0 Å². The van der Waals surface area contributed by atoms with E-state index in [0.717, 1.165) is 19.4 Å². The second-order valence-corrected chi connectivity index (χ2v) is 9.71. The summed E-state index contributed by atoms with van der Waals surface area (Å²) in [7, 11) is -3.56. The summed E-state index contributed by atoms with van der Waals surface area (Å²) in [5.74, 6) is -0.250. The van der Waals surface area contributed by atoms with E-state index in [4.69, 9.17) is 0 Å². The molecule has 9 nitrogen and oxygen atoms in total. The first-order chi connectivity index (χ1) is 15.3. The fourth-order valence-electron chi connectivity index (χ4n) is 3.80. The number of nitrogens with one attached hydrogen (secondary N) is 1. The highest BCUT2D eigenvalue weighted by Gasteiger charge is 2.35. The molecule has 1 aromatic carbocycles. The minimum Gasteiger partial charge on any atom is -0.312 e. The average molecular weight is 462 g/mol. The maximum absolute atomic E-state index is 12.8. The number of carbonyl (C=O) groups is 2. The summed E-state index contributed by atoms with van der Waals surface area (Å²) in [4.78, 5) is 27.1. The number of aromatic nitrogens is 2. The van der Waals surface area contributed by atoms with Crippen molar-refractivity contribution in [3.05, 3.63) is 36.5 Å². The van der Waals surface area contributed by atoms with Crippen LogP contribution < -0.4 is 10.2 Å². The minimum atomic E-state index is -3.56. The van der Waals surface area contributed by atoms with Crippen LogP contribution in [0.1, 0.15) is 40.0 Å². The summed E-state index contributed by atoms with van der Waals surface area (Å²) >= 11 is 0. The first kappa shape index (κ1) is 23.9. The maximum atomic E-state index is 12.8. The van der Waals surface area contributed by atoms with Crippen LogP contribution in [0, 0.1) is 5.92 Å². The number of carbonyl (C=O) groups excluding carboxylic acids is 2. The molecule has 2 aromatic rings. The predicted octanol–water partition coefficient (Wildman–Crippen LogP) is 2.71. The highest BCUT2D eigenvalue weighted by Crippen LogP contribution is 2.28. The van der Waals surface area contributed by atoms with E-state index >= 15 is 0 Å². The van der Waals surface area contributed by atoms with Crippen LogP contribution in [-0.4, -0.2) is 54.0 Å². The van der Waals surface area contributed by atoms with Gasteiger partial charge in [-0.05, 0) is 30.7 Å². The molecule has 1 aromatic heterocycles. The molecule has 32 heavy (non-hydrogen) atoms. The molecule has 1 N–H and O–H groups in total. The van der Waals surface area contributed by atoms with Gasteiger partial charge in [0.2, 0.25) is 21.8 Å². The summed E-state index contributed by atoms with van der Waals surface area (Å²) in [6.07, 6.45) is 3.73. The normalized spacial score (nSPS) is 16.7. The lowest BCUT2D eigenvalue weighted by molar-refractivity contribution is -0.122. The van der Waals surface area contributed by atoms with E-state index < -0.39 is 15.9 Å². The molecule has 1 unspecified atom stereocenters. The second kappa shape index (κ2) is 10.3. The Kier molecular flexibility index (Phi) is 7.68. The highest BCUT2D eigenvalue weighted by molar-refractivity contribution is 7.89. The number of rotatable bonds is 10. The number of aryl methyl sites for hydroxylation is 1. The van der Waals surface area contributed by atoms with Crippen molar-refractivity contribution in [2.45, 2.75) is 51.5 Å². The van der Waals surface area contributed by atoms with Gasteiger partial charge in [-0.25, -0.2) is 13.1 Å². The smallest absolute Gasteiger partial charge is 0.243 e. The zero-order valence-electron chi connectivity index (χ0n) is 18.8. The fraction of sp³-hybridized carbons (Fsp3) is 0.500. The molecule has 0 aliphatic carbocycles. The van der Waals surface area contributed by atoms with Crippen LogP contribution in [0.4, 0.5) is 11.5 Å². The van der Waals surface area contributed by atoms with Gasteiger partial charge in [0.15, 0.2) is 0 Å². The number of unbranched alkanes of at least 4 members (excludes halogenated alkanes) is 1. The number of nitrogens with zero attached hydrogens (tertiary/aromatic N) is 4. The lowest BCUT2D eigenvalue weighted by atomic mass is 10.1. The zero-order chi connectivity index (χ0) is 23.3. The lowest BCUT2D eigenvalue weighted by Crippen LogP contribution is -2.31. The fourth-order valence-corrected chi connectivity index (χ4v) is 5.25. The molecule has 0 bridgehead atoms. The highest BCUT2D eigenvalue weighted by atomic mass is 32.2. The summed E-state index contributed by atoms with van der Waals surface area (Å²) in [5, 5.41) is 7.12. The molecule has 1 saturated heterocycles. The molecule has 3 rings (SSSR count). The van der Waals surface area contributed by atoms with Crippen LogP contribution in [0.15, 0.2) is 41.4 Å². The monoisotopic (exact) mass is 461 g/mol. The van der Waals surface area contributed by atoms with Gasteiger partial charge in [0.25, 0.3) is 0 Å². The van der Waals surface area contributed by atoms with Gasteiger partial charge in [-0.1, -0.05) is 27.2 Å². The summed E-state index contributed by atoms with van der Waals surface area (Å²) in [5.41, 5.74) is 0.580. The molecular weight excluding hydrogens is 430 g/mol. The van der Waals surface area contributed by atoms with Crippen LogP contribution in [0.3, 0.4) is 0 Å². The van der Waals surface area contributed by atoms with E-state index in [9.17, 15) is 18.0 Å². The number of hydrogen-bond acceptors (Lipinski definition) is 5. The minimum absolute atomic E-state index is 0.106. The van der Waals surface area contributed by atoms with Gasteiger partial charge < -0.3 is 10.2 Å². The standard InChI is InChI=1S/C22H31N5O4S/c1-4-7-14-27-20(12-13-23-27)24-22(29)17-15-21(28)26(16-17)18-8-10-19(11-9-18)32(30,31)25(5-2)6-3/h8-13,17H,4-7,14-16H2,1-3H3,(H,24,29). The van der Waals surface area contributed by atoms with Gasteiger partial charge in [0.05, 0.1) is 17.0 Å². The van der Waals surface area contributed by atoms with Crippen LogP contribution in [-0.2, 0) is 26.2 Å². The Morgan fingerprint density at radius 2 is 1.84 bits per heavy atom. The Labute approximate surface area is 189 Å². The molecule has 0 saturated carbocycles. The Bertz CT molecular complexity index is 1040. The molecule has 10 heteroatoms. The quantitative estimate of drug-likeness (QED) is 0.586. The van der Waals surface area contributed by atoms with Crippen molar-refractivity contribution in [2.75, 3.05) is 29.9 Å². The van der Waals surface area contributed by atoms with Crippen molar-refractivity contribution in [1.29, 1.82) is 0 Å². The van der Waals surface area contributed by atoms with E-state index in [-0.39, 0.29) is 29.7 Å². The Morgan fingerprint density at radius 3 is 2.47 bits per heavy atom. The largest absolute Gasteiger partial charge is 0.312 e. The topological polar surface area (TPSA) is 105 Å². The number of anilines is 2. The predicted molar refractivity (Wildman–Crippen MR) is 123 cm³/mol. The summed E-state index contributed by atoms with van der Waals surface area (Å²) in [6, 6.07) is 8.01. The third-order valence-electron chi connectivity index (χ3n) is 5.68. The molecule has 174 valence electrons. The van der Waals surface area contributed by atoms with Crippen LogP contribution in [0.25, 0.3) is 0 Å². The first-order valence-electron chi connectivity index (χ1n) is 11.0. The molecule has 1 aliphatic heterocycles. The summed E-state index contributed by atoms with van der Waals surface area (Å²) < 4.78 is 28.5. The zero-order valence-corrected chi connectivity index (χ0v) is 19.6. The molecule has 1 fully saturated rings. The van der Waals surface area contributed by atoms with Crippen LogP contribution >= 0.6 is 0 Å². The number of benzene rings is 1. The molecule has 2 heterocycles. The van der Waals surface area contributed by atoms with Crippen LogP contribution in [0.5, 0.6) is 0 Å². The Hall–Kier alpha value is -2.72. The Balaban J connectivity index is 1.68. The molecule has 1 atom stereocenters. The summed E-state index contributed by atoms with van der Waals surface area (Å²) in [6.45, 7) is 7.42. The molecule has 0 radical (unpaired) electrons. The third kappa shape index (κ3) is 5.02. The van der Waals surface area contributed by atoms with Crippen molar-refractivity contribution in [2.24, 2.45) is 5.92 Å². The van der Waals surface area contributed by atoms with Crippen molar-refractivity contribution in [1.82, 2.24) is 14.1 Å². The molecule has 0 spiro atoms. The van der Waals surface area contributed by atoms with E-state index in [1.54, 1.807) is 42.9 Å². The first-order valence-corrected chi connectivity index (χ1v) is 12.5. The second-order valence-electron chi connectivity index (χ2n) is 7.77. The lowest BCUT2D eigenvalue weighted by Gasteiger charge is -2.20. The Morgan fingerprint density at radius 1 is 1.16 bits per heavy atom. The number of sulfonamides is 1. The van der Waals surface area contributed by atoms with Gasteiger partial charge >= 0.3 is 0 Å². The average Bonchev–Trinajstić information content (AvgIpc) is 3.39. The van der Waals surface area contributed by atoms with Gasteiger partial charge in [-0.3, -0.25) is 9.59 Å². The van der Waals surface area contributed by atoms with Crippen molar-refractivity contribution < 1.29 is 18.0 Å². The SMILES string of the molecule is CCCCn1nccc1NC(=O)C1CC(=O)N(c2ccc(S(=O)(=O)N(CC)CC)cc2)C1. The van der Waals surface area contributed by atoms with Crippen LogP contribution in [0.2, 0.25) is 0 Å². The number of hydrogen-bond donors (Lipinski definition) is 1. The molecular formula is C22H31N5O4S. The van der Waals surface area contributed by atoms with Gasteiger partial charge in [0.1, 0.15) is 5.82 Å². The van der Waals surface area contributed by atoms with Crippen molar-refractivity contribution in [3.8, 4) is 0 Å². The van der Waals surface area contributed by atoms with Gasteiger partial charge in [-0.2, -0.15) is 9.40 Å². The van der Waals surface area contributed by atoms with E-state index in [1.807, 2.05) is 0 Å². The maximum Gasteiger partial charge on any atom is 0.243 e. The van der Waals surface area contributed by atoms with Gasteiger partial charge in [0, 0.05) is 44.4 Å². The van der Waals surface area contributed by atoms with Crippen molar-refractivity contribution >= 4 is 33.3 Å². The number of amides is 2. The molecule has 2 amide bonds.